The third kappa shape index (κ3) is 2.60. The topological polar surface area (TPSA) is 6.48 Å². The van der Waals surface area contributed by atoms with Gasteiger partial charge in [0, 0.05) is 36.4 Å². The van der Waals surface area contributed by atoms with Crippen molar-refractivity contribution in [2.24, 2.45) is 0 Å². The van der Waals surface area contributed by atoms with Gasteiger partial charge in [0.05, 0.1) is 0 Å². The van der Waals surface area contributed by atoms with E-state index < -0.39 is 0 Å². The van der Waals surface area contributed by atoms with Gasteiger partial charge in [0.1, 0.15) is 0 Å². The molecule has 2 nitrogen and oxygen atoms in total. The molecule has 1 aliphatic heterocycles. The summed E-state index contributed by atoms with van der Waals surface area (Å²) in [7, 11) is 2.16. The van der Waals surface area contributed by atoms with Crippen molar-refractivity contribution in [3.05, 3.63) is 12.3 Å². The van der Waals surface area contributed by atoms with Gasteiger partial charge in [-0.25, -0.2) is 0 Å². The molecule has 0 aromatic rings. The molecule has 0 N–H and O–H groups in total. The second-order valence-corrected chi connectivity index (χ2v) is 6.80. The van der Waals surface area contributed by atoms with Gasteiger partial charge in [-0.05, 0) is 48.0 Å². The molecule has 2 heteroatoms. The zero-order valence-corrected chi connectivity index (χ0v) is 12.1. The van der Waals surface area contributed by atoms with Gasteiger partial charge >= 0.3 is 0 Å². The van der Waals surface area contributed by atoms with Crippen molar-refractivity contribution in [1.82, 2.24) is 9.80 Å². The minimum absolute atomic E-state index is 0.244. The van der Waals surface area contributed by atoms with E-state index in [0.29, 0.717) is 6.04 Å². The molecular formula is C14H28N2. The maximum Gasteiger partial charge on any atom is 0.0428 e. The molecule has 0 saturated carbocycles. The van der Waals surface area contributed by atoms with Crippen LogP contribution in [-0.2, 0) is 0 Å². The van der Waals surface area contributed by atoms with Crippen molar-refractivity contribution in [3.8, 4) is 0 Å². The zero-order valence-electron chi connectivity index (χ0n) is 12.1. The number of hydrogen-bond donors (Lipinski definition) is 0. The molecule has 0 amide bonds. The highest BCUT2D eigenvalue weighted by atomic mass is 15.3. The van der Waals surface area contributed by atoms with Crippen LogP contribution in [0.1, 0.15) is 48.0 Å². The standard InChI is InChI=1S/C14H28N2/c1-11(2)15(8)12-9-14(6,7)16(10-12)13(3,4)5/h12H,1,9-10H2,2-8H3. The van der Waals surface area contributed by atoms with Crippen LogP contribution in [0.25, 0.3) is 0 Å². The zero-order chi connectivity index (χ0) is 12.7. The molecule has 0 radical (unpaired) electrons. The number of likely N-dealkylation sites (N-methyl/N-ethyl adjacent to an activating group) is 1. The fourth-order valence-electron chi connectivity index (χ4n) is 2.96. The Hall–Kier alpha value is -0.500. The van der Waals surface area contributed by atoms with Gasteiger partial charge in [0.15, 0.2) is 0 Å². The fraction of sp³-hybridized carbons (Fsp3) is 0.857. The van der Waals surface area contributed by atoms with Gasteiger partial charge in [-0.2, -0.15) is 0 Å². The summed E-state index contributed by atoms with van der Waals surface area (Å²) in [6.07, 6.45) is 1.22. The van der Waals surface area contributed by atoms with E-state index in [-0.39, 0.29) is 11.1 Å². The van der Waals surface area contributed by atoms with E-state index in [9.17, 15) is 0 Å². The Morgan fingerprint density at radius 1 is 1.38 bits per heavy atom. The lowest BCUT2D eigenvalue weighted by Gasteiger charge is -2.42. The third-order valence-electron chi connectivity index (χ3n) is 3.82. The van der Waals surface area contributed by atoms with Gasteiger partial charge in [0.2, 0.25) is 0 Å². The Morgan fingerprint density at radius 3 is 2.19 bits per heavy atom. The summed E-state index contributed by atoms with van der Waals surface area (Å²) in [5, 5.41) is 0. The van der Waals surface area contributed by atoms with Crippen molar-refractivity contribution < 1.29 is 0 Å². The average Bonchev–Trinajstić information content (AvgIpc) is 2.38. The Balaban J connectivity index is 2.83. The smallest absolute Gasteiger partial charge is 0.0428 e. The summed E-state index contributed by atoms with van der Waals surface area (Å²) >= 11 is 0. The molecule has 94 valence electrons. The predicted octanol–water partition coefficient (Wildman–Crippen LogP) is 3.10. The molecule has 0 aromatic carbocycles. The van der Waals surface area contributed by atoms with E-state index >= 15 is 0 Å². The maximum atomic E-state index is 4.04. The molecule has 1 unspecified atom stereocenters. The van der Waals surface area contributed by atoms with Crippen LogP contribution in [0, 0.1) is 0 Å². The minimum atomic E-state index is 0.244. The number of likely N-dealkylation sites (tertiary alicyclic amines) is 1. The van der Waals surface area contributed by atoms with Crippen LogP contribution in [0.4, 0.5) is 0 Å². The van der Waals surface area contributed by atoms with E-state index in [4.69, 9.17) is 0 Å². The Bertz CT molecular complexity index is 273. The van der Waals surface area contributed by atoms with Crippen LogP contribution in [0.5, 0.6) is 0 Å². The van der Waals surface area contributed by atoms with Gasteiger partial charge in [-0.1, -0.05) is 6.58 Å². The average molecular weight is 224 g/mol. The molecule has 1 fully saturated rings. The first-order valence-corrected chi connectivity index (χ1v) is 6.22. The first-order valence-electron chi connectivity index (χ1n) is 6.22. The number of hydrogen-bond acceptors (Lipinski definition) is 2. The molecule has 1 atom stereocenters. The van der Waals surface area contributed by atoms with Crippen molar-refractivity contribution >= 4 is 0 Å². The van der Waals surface area contributed by atoms with Crippen LogP contribution < -0.4 is 0 Å². The molecule has 0 bridgehead atoms. The van der Waals surface area contributed by atoms with Crippen LogP contribution in [0.15, 0.2) is 12.3 Å². The summed E-state index contributed by atoms with van der Waals surface area (Å²) < 4.78 is 0. The van der Waals surface area contributed by atoms with Crippen molar-refractivity contribution in [1.29, 1.82) is 0 Å². The van der Waals surface area contributed by atoms with Crippen molar-refractivity contribution in [2.45, 2.75) is 65.1 Å². The molecule has 0 aliphatic carbocycles. The largest absolute Gasteiger partial charge is 0.374 e. The molecule has 16 heavy (non-hydrogen) atoms. The van der Waals surface area contributed by atoms with Gasteiger partial charge in [-0.15, -0.1) is 0 Å². The SMILES string of the molecule is C=C(C)N(C)C1CN(C(C)(C)C)C(C)(C)C1. The van der Waals surface area contributed by atoms with Gasteiger partial charge < -0.3 is 4.90 Å². The van der Waals surface area contributed by atoms with Crippen LogP contribution in [0.3, 0.4) is 0 Å². The summed E-state index contributed by atoms with van der Waals surface area (Å²) in [4.78, 5) is 4.94. The molecule has 1 saturated heterocycles. The molecule has 0 spiro atoms. The fourth-order valence-corrected chi connectivity index (χ4v) is 2.96. The highest BCUT2D eigenvalue weighted by molar-refractivity contribution is 5.04. The normalized spacial score (nSPS) is 25.8. The lowest BCUT2D eigenvalue weighted by molar-refractivity contribution is 0.0665. The Labute approximate surface area is 101 Å². The summed E-state index contributed by atoms with van der Waals surface area (Å²) in [6, 6.07) is 0.603. The van der Waals surface area contributed by atoms with Crippen molar-refractivity contribution in [2.75, 3.05) is 13.6 Å². The summed E-state index contributed by atoms with van der Waals surface area (Å²) in [6.45, 7) is 18.9. The summed E-state index contributed by atoms with van der Waals surface area (Å²) in [5.74, 6) is 0. The van der Waals surface area contributed by atoms with Crippen LogP contribution >= 0.6 is 0 Å². The molecule has 1 heterocycles. The number of allylic oxidation sites excluding steroid dienone is 1. The van der Waals surface area contributed by atoms with Gasteiger partial charge in [0.25, 0.3) is 0 Å². The highest BCUT2D eigenvalue weighted by Gasteiger charge is 2.44. The van der Waals surface area contributed by atoms with Crippen LogP contribution in [0.2, 0.25) is 0 Å². The predicted molar refractivity (Wildman–Crippen MR) is 71.5 cm³/mol. The van der Waals surface area contributed by atoms with Gasteiger partial charge in [-0.3, -0.25) is 4.90 Å². The maximum absolute atomic E-state index is 4.04. The molecule has 1 aliphatic rings. The third-order valence-corrected chi connectivity index (χ3v) is 3.82. The number of nitrogens with zero attached hydrogens (tertiary/aromatic N) is 2. The quantitative estimate of drug-likeness (QED) is 0.711. The Morgan fingerprint density at radius 2 is 1.88 bits per heavy atom. The monoisotopic (exact) mass is 224 g/mol. The number of rotatable bonds is 2. The molecular weight excluding hydrogens is 196 g/mol. The van der Waals surface area contributed by atoms with E-state index in [1.54, 1.807) is 0 Å². The first-order chi connectivity index (χ1) is 7.05. The second kappa shape index (κ2) is 4.06. The van der Waals surface area contributed by atoms with E-state index in [1.165, 1.54) is 6.42 Å². The summed E-state index contributed by atoms with van der Waals surface area (Å²) in [5.41, 5.74) is 1.69. The van der Waals surface area contributed by atoms with Crippen molar-refractivity contribution in [3.63, 3.8) is 0 Å². The first kappa shape index (κ1) is 13.6. The Kier molecular flexibility index (Phi) is 3.45. The van der Waals surface area contributed by atoms with E-state index in [1.807, 2.05) is 0 Å². The van der Waals surface area contributed by atoms with Crippen LogP contribution in [-0.4, -0.2) is 40.5 Å². The molecule has 1 rings (SSSR count). The lowest BCUT2D eigenvalue weighted by Crippen LogP contribution is -2.50. The second-order valence-electron chi connectivity index (χ2n) is 6.80. The molecule has 0 aromatic heterocycles. The lowest BCUT2D eigenvalue weighted by atomic mass is 9.95. The highest BCUT2D eigenvalue weighted by Crippen LogP contribution is 2.37. The van der Waals surface area contributed by atoms with E-state index in [2.05, 4.69) is 65.0 Å². The van der Waals surface area contributed by atoms with E-state index in [0.717, 1.165) is 12.2 Å². The minimum Gasteiger partial charge on any atom is -0.374 e.